The first-order valence-corrected chi connectivity index (χ1v) is 10.9. The second-order valence-corrected chi connectivity index (χ2v) is 7.86. The molecule has 0 heterocycles. The molecule has 0 aliphatic carbocycles. The van der Waals surface area contributed by atoms with E-state index in [1.807, 2.05) is 90.3 Å². The highest BCUT2D eigenvalue weighted by atomic mass is 16.2. The quantitative estimate of drug-likeness (QED) is 0.315. The van der Waals surface area contributed by atoms with E-state index >= 15 is 0 Å². The molecule has 0 atom stereocenters. The predicted molar refractivity (Wildman–Crippen MR) is 130 cm³/mol. The van der Waals surface area contributed by atoms with E-state index < -0.39 is 0 Å². The molecule has 2 amide bonds. The minimum absolute atomic E-state index is 0.0249. The van der Waals surface area contributed by atoms with Crippen LogP contribution in [0.2, 0.25) is 0 Å². The standard InChI is InChI=1S/2C12H19N3O/c2*1-9(2)15-12(16)11-6-4-10(5-7-11)8-14-13-3/h2*4-7,9,13-14H,8H2,1-3H3,(H,15,16). The van der Waals surface area contributed by atoms with Crippen molar-refractivity contribution in [2.24, 2.45) is 0 Å². The molecule has 0 aliphatic heterocycles. The highest BCUT2D eigenvalue weighted by Crippen LogP contribution is 2.05. The molecule has 2 aromatic carbocycles. The number of carbonyl (C=O) groups excluding carboxylic acids is 2. The number of carbonyl (C=O) groups is 2. The Morgan fingerprint density at radius 3 is 1.19 bits per heavy atom. The van der Waals surface area contributed by atoms with E-state index in [4.69, 9.17) is 0 Å². The van der Waals surface area contributed by atoms with Crippen LogP contribution >= 0.6 is 0 Å². The number of amides is 2. The van der Waals surface area contributed by atoms with Crippen LogP contribution in [0.25, 0.3) is 0 Å². The molecule has 0 radical (unpaired) electrons. The van der Waals surface area contributed by atoms with E-state index in [2.05, 4.69) is 32.3 Å². The molecule has 6 N–H and O–H groups in total. The third-order valence-electron chi connectivity index (χ3n) is 4.21. The maximum absolute atomic E-state index is 11.6. The first-order chi connectivity index (χ1) is 15.3. The average molecular weight is 443 g/mol. The van der Waals surface area contributed by atoms with Gasteiger partial charge in [-0.2, -0.15) is 0 Å². The van der Waals surface area contributed by atoms with Crippen LogP contribution in [-0.4, -0.2) is 38.0 Å². The number of nitrogens with one attached hydrogen (secondary N) is 6. The highest BCUT2D eigenvalue weighted by Gasteiger charge is 2.07. The molecule has 8 heteroatoms. The zero-order valence-corrected chi connectivity index (χ0v) is 20.0. The molecule has 2 rings (SSSR count). The maximum Gasteiger partial charge on any atom is 0.251 e. The summed E-state index contributed by atoms with van der Waals surface area (Å²) in [5, 5.41) is 5.71. The first-order valence-electron chi connectivity index (χ1n) is 10.9. The summed E-state index contributed by atoms with van der Waals surface area (Å²) in [4.78, 5) is 23.3. The van der Waals surface area contributed by atoms with Gasteiger partial charge in [-0.1, -0.05) is 24.3 Å². The molecule has 32 heavy (non-hydrogen) atoms. The Kier molecular flexibility index (Phi) is 12.9. The van der Waals surface area contributed by atoms with Gasteiger partial charge < -0.3 is 10.6 Å². The Hall–Kier alpha value is -2.78. The van der Waals surface area contributed by atoms with Crippen LogP contribution in [0, 0.1) is 0 Å². The van der Waals surface area contributed by atoms with Gasteiger partial charge >= 0.3 is 0 Å². The van der Waals surface area contributed by atoms with Crippen molar-refractivity contribution in [3.8, 4) is 0 Å². The van der Waals surface area contributed by atoms with Crippen LogP contribution in [0.3, 0.4) is 0 Å². The van der Waals surface area contributed by atoms with Crippen LogP contribution in [0.15, 0.2) is 48.5 Å². The lowest BCUT2D eigenvalue weighted by molar-refractivity contribution is 0.0934. The monoisotopic (exact) mass is 442 g/mol. The Balaban J connectivity index is 0.000000320. The van der Waals surface area contributed by atoms with Crippen molar-refractivity contribution in [2.45, 2.75) is 52.9 Å². The zero-order valence-electron chi connectivity index (χ0n) is 20.0. The van der Waals surface area contributed by atoms with Crippen molar-refractivity contribution in [2.75, 3.05) is 14.1 Å². The maximum atomic E-state index is 11.6. The molecule has 0 saturated carbocycles. The summed E-state index contributed by atoms with van der Waals surface area (Å²) in [7, 11) is 3.65. The summed E-state index contributed by atoms with van der Waals surface area (Å²) in [6.45, 7) is 9.27. The molecular formula is C24H38N6O2. The van der Waals surface area contributed by atoms with Gasteiger partial charge in [-0.3, -0.25) is 31.3 Å². The highest BCUT2D eigenvalue weighted by molar-refractivity contribution is 5.94. The lowest BCUT2D eigenvalue weighted by atomic mass is 10.1. The Morgan fingerprint density at radius 1 is 0.625 bits per heavy atom. The number of rotatable bonds is 10. The molecule has 0 spiro atoms. The largest absolute Gasteiger partial charge is 0.350 e. The lowest BCUT2D eigenvalue weighted by Gasteiger charge is -2.09. The van der Waals surface area contributed by atoms with Gasteiger partial charge in [0.1, 0.15) is 0 Å². The third-order valence-corrected chi connectivity index (χ3v) is 4.21. The van der Waals surface area contributed by atoms with Gasteiger partial charge in [0.15, 0.2) is 0 Å². The predicted octanol–water partition coefficient (Wildman–Crippen LogP) is 2.10. The fraction of sp³-hybridized carbons (Fsp3) is 0.417. The number of hydrogen-bond donors (Lipinski definition) is 6. The van der Waals surface area contributed by atoms with E-state index in [-0.39, 0.29) is 23.9 Å². The molecule has 0 saturated heterocycles. The Labute approximate surface area is 191 Å². The van der Waals surface area contributed by atoms with E-state index in [1.165, 1.54) is 0 Å². The summed E-state index contributed by atoms with van der Waals surface area (Å²) in [6.07, 6.45) is 0. The van der Waals surface area contributed by atoms with E-state index in [1.54, 1.807) is 0 Å². The average Bonchev–Trinajstić information content (AvgIpc) is 2.76. The molecule has 0 aliphatic rings. The van der Waals surface area contributed by atoms with Gasteiger partial charge in [-0.25, -0.2) is 0 Å². The smallest absolute Gasteiger partial charge is 0.251 e. The number of benzene rings is 2. The van der Waals surface area contributed by atoms with Crippen molar-refractivity contribution < 1.29 is 9.59 Å². The molecule has 0 unspecified atom stereocenters. The minimum Gasteiger partial charge on any atom is -0.350 e. The van der Waals surface area contributed by atoms with Gasteiger partial charge in [0.25, 0.3) is 11.8 Å². The second-order valence-electron chi connectivity index (χ2n) is 7.86. The van der Waals surface area contributed by atoms with E-state index in [0.717, 1.165) is 24.2 Å². The van der Waals surface area contributed by atoms with Gasteiger partial charge in [0.2, 0.25) is 0 Å². The lowest BCUT2D eigenvalue weighted by Crippen LogP contribution is -2.30. The SMILES string of the molecule is CNNCc1ccc(C(=O)NC(C)C)cc1.CNNCc1ccc(C(=O)NC(C)C)cc1. The summed E-state index contributed by atoms with van der Waals surface area (Å²) < 4.78 is 0. The molecular weight excluding hydrogens is 404 g/mol. The van der Waals surface area contributed by atoms with Crippen LogP contribution < -0.4 is 32.3 Å². The molecule has 0 bridgehead atoms. The molecule has 2 aromatic rings. The third kappa shape index (κ3) is 11.0. The van der Waals surface area contributed by atoms with E-state index in [0.29, 0.717) is 11.1 Å². The van der Waals surface area contributed by atoms with Crippen molar-refractivity contribution in [3.05, 3.63) is 70.8 Å². The Morgan fingerprint density at radius 2 is 0.938 bits per heavy atom. The first kappa shape index (κ1) is 27.3. The van der Waals surface area contributed by atoms with Crippen molar-refractivity contribution >= 4 is 11.8 Å². The zero-order chi connectivity index (χ0) is 23.9. The molecule has 0 fully saturated rings. The minimum atomic E-state index is -0.0249. The number of hydrazine groups is 2. The van der Waals surface area contributed by atoms with Crippen LogP contribution in [-0.2, 0) is 13.1 Å². The second kappa shape index (κ2) is 15.1. The van der Waals surface area contributed by atoms with Gasteiger partial charge in [-0.05, 0) is 77.2 Å². The summed E-state index contributed by atoms with van der Waals surface area (Å²) in [5.41, 5.74) is 15.4. The van der Waals surface area contributed by atoms with Crippen molar-refractivity contribution in [1.82, 2.24) is 32.3 Å². The normalized spacial score (nSPS) is 10.5. The topological polar surface area (TPSA) is 106 Å². The Bertz CT molecular complexity index is 735. The molecule has 8 nitrogen and oxygen atoms in total. The fourth-order valence-electron chi connectivity index (χ4n) is 2.62. The van der Waals surface area contributed by atoms with Crippen LogP contribution in [0.1, 0.15) is 59.5 Å². The van der Waals surface area contributed by atoms with Gasteiger partial charge in [-0.15, -0.1) is 0 Å². The van der Waals surface area contributed by atoms with Crippen LogP contribution in [0.5, 0.6) is 0 Å². The summed E-state index contributed by atoms with van der Waals surface area (Å²) in [5.74, 6) is -0.0498. The van der Waals surface area contributed by atoms with E-state index in [9.17, 15) is 9.59 Å². The summed E-state index contributed by atoms with van der Waals surface area (Å²) in [6, 6.07) is 15.5. The van der Waals surface area contributed by atoms with Crippen LogP contribution in [0.4, 0.5) is 0 Å². The fourth-order valence-corrected chi connectivity index (χ4v) is 2.62. The number of hydrogen-bond acceptors (Lipinski definition) is 6. The van der Waals surface area contributed by atoms with Crippen molar-refractivity contribution in [1.29, 1.82) is 0 Å². The van der Waals surface area contributed by atoms with Gasteiger partial charge in [0.05, 0.1) is 0 Å². The van der Waals surface area contributed by atoms with Gasteiger partial charge in [0, 0.05) is 36.3 Å². The van der Waals surface area contributed by atoms with Crippen molar-refractivity contribution in [3.63, 3.8) is 0 Å². The summed E-state index contributed by atoms with van der Waals surface area (Å²) >= 11 is 0. The molecule has 0 aromatic heterocycles. The molecule has 176 valence electrons.